The average Bonchev–Trinajstić information content (AvgIpc) is 3.40. The number of imidazole rings is 1. The molecular formula is C22H20FN5O. The Bertz CT molecular complexity index is 1170. The molecule has 0 saturated carbocycles. The summed E-state index contributed by atoms with van der Waals surface area (Å²) >= 11 is 0. The van der Waals surface area contributed by atoms with E-state index in [9.17, 15) is 4.39 Å². The van der Waals surface area contributed by atoms with Gasteiger partial charge < -0.3 is 9.64 Å². The Balaban J connectivity index is 1.55. The number of anilines is 1. The number of methoxy groups -OCH3 is 1. The summed E-state index contributed by atoms with van der Waals surface area (Å²) in [7, 11) is 1.59. The Morgan fingerprint density at radius 3 is 2.86 bits per heavy atom. The molecule has 0 amide bonds. The van der Waals surface area contributed by atoms with Gasteiger partial charge >= 0.3 is 0 Å². The summed E-state index contributed by atoms with van der Waals surface area (Å²) in [6.07, 6.45) is 3.77. The van der Waals surface area contributed by atoms with E-state index in [4.69, 9.17) is 9.84 Å². The number of nitrogens with zero attached hydrogens (tertiary/aromatic N) is 5. The standard InChI is InChI=1S/C22H20FN5O/c1-29-22-9-3-7-17(25-22)19-14-24-20-10-11-21(26-28(19)20)27-12-4-8-18(27)15-5-2-6-16(23)13-15/h2-3,5-7,9-11,13-14,18H,4,8,12H2,1H3. The van der Waals surface area contributed by atoms with E-state index in [1.165, 1.54) is 6.07 Å². The minimum absolute atomic E-state index is 0.109. The molecule has 3 aromatic heterocycles. The van der Waals surface area contributed by atoms with Crippen LogP contribution in [0.4, 0.5) is 10.2 Å². The number of ether oxygens (including phenoxy) is 1. The van der Waals surface area contributed by atoms with Gasteiger partial charge in [-0.2, -0.15) is 0 Å². The number of rotatable bonds is 4. The minimum Gasteiger partial charge on any atom is -0.481 e. The van der Waals surface area contributed by atoms with Gasteiger partial charge in [0.25, 0.3) is 0 Å². The zero-order valence-electron chi connectivity index (χ0n) is 16.0. The highest BCUT2D eigenvalue weighted by atomic mass is 19.1. The first-order valence-electron chi connectivity index (χ1n) is 9.61. The maximum Gasteiger partial charge on any atom is 0.213 e. The highest BCUT2D eigenvalue weighted by Gasteiger charge is 2.28. The van der Waals surface area contributed by atoms with E-state index >= 15 is 0 Å². The smallest absolute Gasteiger partial charge is 0.213 e. The zero-order chi connectivity index (χ0) is 19.8. The number of halogens is 1. The van der Waals surface area contributed by atoms with E-state index in [0.717, 1.165) is 47.8 Å². The van der Waals surface area contributed by atoms with Crippen LogP contribution < -0.4 is 9.64 Å². The van der Waals surface area contributed by atoms with Crippen LogP contribution in [0.3, 0.4) is 0 Å². The average molecular weight is 389 g/mol. The van der Waals surface area contributed by atoms with E-state index in [1.54, 1.807) is 36.0 Å². The lowest BCUT2D eigenvalue weighted by atomic mass is 10.0. The van der Waals surface area contributed by atoms with Crippen molar-refractivity contribution in [2.75, 3.05) is 18.6 Å². The molecule has 0 bridgehead atoms. The predicted octanol–water partition coefficient (Wildman–Crippen LogP) is 4.28. The predicted molar refractivity (Wildman–Crippen MR) is 108 cm³/mol. The minimum atomic E-state index is -0.209. The summed E-state index contributed by atoms with van der Waals surface area (Å²) in [5.41, 5.74) is 3.26. The van der Waals surface area contributed by atoms with Gasteiger partial charge in [0.05, 0.1) is 25.0 Å². The molecule has 5 rings (SSSR count). The van der Waals surface area contributed by atoms with Crippen molar-refractivity contribution >= 4 is 11.5 Å². The summed E-state index contributed by atoms with van der Waals surface area (Å²) < 4.78 is 20.8. The molecule has 0 radical (unpaired) electrons. The van der Waals surface area contributed by atoms with Crippen LogP contribution in [0.1, 0.15) is 24.4 Å². The lowest BCUT2D eigenvalue weighted by molar-refractivity contribution is 0.398. The fourth-order valence-electron chi connectivity index (χ4n) is 3.96. The Kier molecular flexibility index (Phi) is 4.35. The van der Waals surface area contributed by atoms with E-state index < -0.39 is 0 Å². The summed E-state index contributed by atoms with van der Waals surface area (Å²) in [6.45, 7) is 0.876. The first kappa shape index (κ1) is 17.6. The van der Waals surface area contributed by atoms with Crippen molar-refractivity contribution in [1.29, 1.82) is 0 Å². The van der Waals surface area contributed by atoms with Crippen molar-refractivity contribution in [1.82, 2.24) is 19.6 Å². The van der Waals surface area contributed by atoms with Crippen molar-refractivity contribution in [3.63, 3.8) is 0 Å². The normalized spacial score (nSPS) is 16.5. The third kappa shape index (κ3) is 3.18. The monoisotopic (exact) mass is 389 g/mol. The molecule has 29 heavy (non-hydrogen) atoms. The molecule has 4 aromatic rings. The van der Waals surface area contributed by atoms with Crippen LogP contribution in [0, 0.1) is 5.82 Å². The second-order valence-corrected chi connectivity index (χ2v) is 7.08. The van der Waals surface area contributed by atoms with E-state index in [2.05, 4.69) is 14.9 Å². The van der Waals surface area contributed by atoms with Crippen LogP contribution in [0.2, 0.25) is 0 Å². The Labute approximate surface area is 167 Å². The van der Waals surface area contributed by atoms with Gasteiger partial charge in [-0.1, -0.05) is 18.2 Å². The van der Waals surface area contributed by atoms with Crippen LogP contribution >= 0.6 is 0 Å². The molecule has 1 fully saturated rings. The second kappa shape index (κ2) is 7.16. The quantitative estimate of drug-likeness (QED) is 0.521. The fourth-order valence-corrected chi connectivity index (χ4v) is 3.96. The highest BCUT2D eigenvalue weighted by Crippen LogP contribution is 2.35. The Morgan fingerprint density at radius 1 is 1.10 bits per heavy atom. The zero-order valence-corrected chi connectivity index (χ0v) is 16.0. The maximum absolute atomic E-state index is 13.8. The topological polar surface area (TPSA) is 55.5 Å². The van der Waals surface area contributed by atoms with Gasteiger partial charge in [-0.3, -0.25) is 0 Å². The summed E-state index contributed by atoms with van der Waals surface area (Å²) in [5.74, 6) is 1.17. The molecule has 7 heteroatoms. The number of aromatic nitrogens is 4. The molecule has 0 aliphatic carbocycles. The molecule has 1 atom stereocenters. The molecule has 1 saturated heterocycles. The number of pyridine rings is 1. The number of benzene rings is 1. The van der Waals surface area contributed by atoms with Crippen LogP contribution in [0.5, 0.6) is 5.88 Å². The van der Waals surface area contributed by atoms with Gasteiger partial charge in [0.15, 0.2) is 5.65 Å². The van der Waals surface area contributed by atoms with Gasteiger partial charge in [0.1, 0.15) is 17.3 Å². The molecule has 1 aromatic carbocycles. The Morgan fingerprint density at radius 2 is 2.00 bits per heavy atom. The van der Waals surface area contributed by atoms with Gasteiger partial charge in [0, 0.05) is 12.6 Å². The van der Waals surface area contributed by atoms with E-state index in [1.807, 2.05) is 30.3 Å². The molecule has 0 spiro atoms. The molecular weight excluding hydrogens is 369 g/mol. The van der Waals surface area contributed by atoms with Crippen molar-refractivity contribution in [2.24, 2.45) is 0 Å². The van der Waals surface area contributed by atoms with Gasteiger partial charge in [-0.05, 0) is 48.7 Å². The first-order chi connectivity index (χ1) is 14.2. The summed E-state index contributed by atoms with van der Waals surface area (Å²) in [5, 5.41) is 4.85. The number of hydrogen-bond donors (Lipinski definition) is 0. The van der Waals surface area contributed by atoms with Crippen LogP contribution in [-0.4, -0.2) is 33.2 Å². The number of fused-ring (bicyclic) bond motifs is 1. The fraction of sp³-hybridized carbons (Fsp3) is 0.227. The van der Waals surface area contributed by atoms with Crippen molar-refractivity contribution in [3.8, 4) is 17.3 Å². The van der Waals surface area contributed by atoms with Gasteiger partial charge in [-0.25, -0.2) is 18.9 Å². The molecule has 1 aliphatic heterocycles. The van der Waals surface area contributed by atoms with Crippen LogP contribution in [-0.2, 0) is 0 Å². The summed E-state index contributed by atoms with van der Waals surface area (Å²) in [4.78, 5) is 11.2. The van der Waals surface area contributed by atoms with Crippen molar-refractivity contribution in [2.45, 2.75) is 18.9 Å². The van der Waals surface area contributed by atoms with E-state index in [0.29, 0.717) is 5.88 Å². The first-order valence-corrected chi connectivity index (χ1v) is 9.61. The second-order valence-electron chi connectivity index (χ2n) is 7.08. The molecule has 6 nitrogen and oxygen atoms in total. The molecule has 1 unspecified atom stereocenters. The lowest BCUT2D eigenvalue weighted by Gasteiger charge is -2.26. The molecule has 146 valence electrons. The third-order valence-corrected chi connectivity index (χ3v) is 5.32. The molecule has 4 heterocycles. The largest absolute Gasteiger partial charge is 0.481 e. The highest BCUT2D eigenvalue weighted by molar-refractivity contribution is 5.61. The van der Waals surface area contributed by atoms with Gasteiger partial charge in [-0.15, -0.1) is 5.10 Å². The molecule has 1 aliphatic rings. The molecule has 0 N–H and O–H groups in total. The Hall–Kier alpha value is -3.48. The lowest BCUT2D eigenvalue weighted by Crippen LogP contribution is -2.24. The third-order valence-electron chi connectivity index (χ3n) is 5.32. The van der Waals surface area contributed by atoms with Crippen molar-refractivity contribution in [3.05, 3.63) is 72.2 Å². The van der Waals surface area contributed by atoms with Crippen LogP contribution in [0.25, 0.3) is 17.0 Å². The SMILES string of the molecule is COc1cccc(-c2cnc3ccc(N4CCCC4c4cccc(F)c4)nn23)n1. The van der Waals surface area contributed by atoms with Crippen LogP contribution in [0.15, 0.2) is 60.8 Å². The van der Waals surface area contributed by atoms with Gasteiger partial charge in [0.2, 0.25) is 5.88 Å². The van der Waals surface area contributed by atoms with E-state index in [-0.39, 0.29) is 11.9 Å². The maximum atomic E-state index is 13.8. The number of hydrogen-bond acceptors (Lipinski definition) is 5. The summed E-state index contributed by atoms with van der Waals surface area (Å²) in [6, 6.07) is 16.5. The van der Waals surface area contributed by atoms with Crippen molar-refractivity contribution < 1.29 is 9.13 Å².